The predicted molar refractivity (Wildman–Crippen MR) is 65.7 cm³/mol. The minimum Gasteiger partial charge on any atom is -0.384 e. The van der Waals surface area contributed by atoms with Crippen LogP contribution in [0, 0.1) is 5.41 Å². The third kappa shape index (κ3) is 4.42. The highest BCUT2D eigenvalue weighted by Crippen LogP contribution is 2.05. The highest BCUT2D eigenvalue weighted by atomic mass is 16.5. The lowest BCUT2D eigenvalue weighted by Gasteiger charge is -2.10. The molecule has 0 heterocycles. The van der Waals surface area contributed by atoms with E-state index in [1.807, 2.05) is 38.4 Å². The number of nitrogens with zero attached hydrogens (tertiary/aromatic N) is 1. The summed E-state index contributed by atoms with van der Waals surface area (Å²) in [6.07, 6.45) is 0. The first-order valence-electron chi connectivity index (χ1n) is 5.25. The molecule has 4 heteroatoms. The Labute approximate surface area is 96.5 Å². The second-order valence-electron chi connectivity index (χ2n) is 3.97. The van der Waals surface area contributed by atoms with Gasteiger partial charge in [0.2, 0.25) is 0 Å². The number of benzene rings is 1. The van der Waals surface area contributed by atoms with E-state index in [9.17, 15) is 0 Å². The van der Waals surface area contributed by atoms with Crippen LogP contribution in [-0.4, -0.2) is 38.0 Å². The van der Waals surface area contributed by atoms with Gasteiger partial charge in [0.1, 0.15) is 5.84 Å². The molecule has 0 amide bonds. The van der Waals surface area contributed by atoms with Crippen molar-refractivity contribution >= 4 is 5.84 Å². The predicted octanol–water partition coefficient (Wildman–Crippen LogP) is 1.05. The van der Waals surface area contributed by atoms with Crippen molar-refractivity contribution in [1.29, 1.82) is 5.41 Å². The number of amidine groups is 1. The molecule has 0 aromatic heterocycles. The molecule has 0 spiro atoms. The average molecular weight is 221 g/mol. The van der Waals surface area contributed by atoms with Crippen molar-refractivity contribution in [3.63, 3.8) is 0 Å². The standard InChI is InChI=1S/C12H19N3O/c1-15(2)6-7-16-9-10-4-3-5-11(8-10)12(13)14/h3-5,8H,6-7,9H2,1-2H3,(H3,13,14). The Morgan fingerprint density at radius 1 is 1.44 bits per heavy atom. The summed E-state index contributed by atoms with van der Waals surface area (Å²) in [7, 11) is 4.03. The van der Waals surface area contributed by atoms with Crippen molar-refractivity contribution in [3.8, 4) is 0 Å². The zero-order valence-electron chi connectivity index (χ0n) is 9.86. The summed E-state index contributed by atoms with van der Waals surface area (Å²) in [5.74, 6) is 0.0927. The SMILES string of the molecule is CN(C)CCOCc1cccc(C(=N)N)c1. The molecule has 0 aliphatic heterocycles. The lowest BCUT2D eigenvalue weighted by Crippen LogP contribution is -2.18. The molecule has 0 aliphatic rings. The van der Waals surface area contributed by atoms with Crippen molar-refractivity contribution < 1.29 is 4.74 Å². The molecule has 1 aromatic carbocycles. The summed E-state index contributed by atoms with van der Waals surface area (Å²) >= 11 is 0. The Balaban J connectivity index is 2.42. The van der Waals surface area contributed by atoms with E-state index in [0.717, 1.165) is 17.7 Å². The number of hydrogen-bond acceptors (Lipinski definition) is 3. The number of nitrogens with one attached hydrogen (secondary N) is 1. The van der Waals surface area contributed by atoms with Crippen LogP contribution >= 0.6 is 0 Å². The molecule has 88 valence electrons. The van der Waals surface area contributed by atoms with Gasteiger partial charge < -0.3 is 15.4 Å². The van der Waals surface area contributed by atoms with E-state index in [2.05, 4.69) is 4.90 Å². The van der Waals surface area contributed by atoms with Crippen molar-refractivity contribution in [1.82, 2.24) is 4.90 Å². The molecule has 0 radical (unpaired) electrons. The molecule has 0 bridgehead atoms. The Morgan fingerprint density at radius 3 is 2.81 bits per heavy atom. The van der Waals surface area contributed by atoms with E-state index in [1.165, 1.54) is 0 Å². The van der Waals surface area contributed by atoms with Crippen LogP contribution in [0.2, 0.25) is 0 Å². The Morgan fingerprint density at radius 2 is 2.19 bits per heavy atom. The van der Waals surface area contributed by atoms with E-state index in [-0.39, 0.29) is 5.84 Å². The maximum absolute atomic E-state index is 7.33. The molecule has 0 fully saturated rings. The van der Waals surface area contributed by atoms with Crippen molar-refractivity contribution in [2.24, 2.45) is 5.73 Å². The van der Waals surface area contributed by atoms with Crippen LogP contribution < -0.4 is 5.73 Å². The van der Waals surface area contributed by atoms with Gasteiger partial charge in [-0.25, -0.2) is 0 Å². The third-order valence-corrected chi connectivity index (χ3v) is 2.19. The molecule has 4 nitrogen and oxygen atoms in total. The molecule has 1 rings (SSSR count). The minimum absolute atomic E-state index is 0.0927. The number of rotatable bonds is 6. The van der Waals surface area contributed by atoms with E-state index in [0.29, 0.717) is 13.2 Å². The van der Waals surface area contributed by atoms with Crippen LogP contribution in [0.3, 0.4) is 0 Å². The normalized spacial score (nSPS) is 10.7. The van der Waals surface area contributed by atoms with Crippen LogP contribution in [0.1, 0.15) is 11.1 Å². The van der Waals surface area contributed by atoms with Crippen molar-refractivity contribution in [3.05, 3.63) is 35.4 Å². The maximum Gasteiger partial charge on any atom is 0.122 e. The van der Waals surface area contributed by atoms with Gasteiger partial charge in [-0.15, -0.1) is 0 Å². The van der Waals surface area contributed by atoms with Gasteiger partial charge in [0.25, 0.3) is 0 Å². The molecule has 1 aromatic rings. The molecule has 0 saturated heterocycles. The highest BCUT2D eigenvalue weighted by molar-refractivity contribution is 5.95. The van der Waals surface area contributed by atoms with Gasteiger partial charge in [-0.2, -0.15) is 0 Å². The van der Waals surface area contributed by atoms with Crippen molar-refractivity contribution in [2.75, 3.05) is 27.2 Å². The van der Waals surface area contributed by atoms with Gasteiger partial charge >= 0.3 is 0 Å². The maximum atomic E-state index is 7.33. The molecule has 0 saturated carbocycles. The quantitative estimate of drug-likeness (QED) is 0.429. The van der Waals surface area contributed by atoms with Crippen LogP contribution in [0.5, 0.6) is 0 Å². The lowest BCUT2D eigenvalue weighted by atomic mass is 10.1. The fourth-order valence-electron chi connectivity index (χ4n) is 1.27. The van der Waals surface area contributed by atoms with E-state index in [4.69, 9.17) is 15.9 Å². The monoisotopic (exact) mass is 221 g/mol. The van der Waals surface area contributed by atoms with Crippen LogP contribution in [0.25, 0.3) is 0 Å². The second-order valence-corrected chi connectivity index (χ2v) is 3.97. The largest absolute Gasteiger partial charge is 0.384 e. The number of hydrogen-bond donors (Lipinski definition) is 2. The summed E-state index contributed by atoms with van der Waals surface area (Å²) in [4.78, 5) is 2.08. The zero-order chi connectivity index (χ0) is 12.0. The van der Waals surface area contributed by atoms with E-state index >= 15 is 0 Å². The molecular formula is C12H19N3O. The van der Waals surface area contributed by atoms with E-state index < -0.39 is 0 Å². The van der Waals surface area contributed by atoms with Crippen molar-refractivity contribution in [2.45, 2.75) is 6.61 Å². The molecule has 3 N–H and O–H groups in total. The third-order valence-electron chi connectivity index (χ3n) is 2.19. The van der Waals surface area contributed by atoms with Gasteiger partial charge in [-0.05, 0) is 25.7 Å². The minimum atomic E-state index is 0.0927. The van der Waals surface area contributed by atoms with Gasteiger partial charge in [-0.3, -0.25) is 5.41 Å². The molecule has 0 atom stereocenters. The number of likely N-dealkylation sites (N-methyl/N-ethyl adjacent to an activating group) is 1. The first-order valence-corrected chi connectivity index (χ1v) is 5.25. The van der Waals surface area contributed by atoms with Crippen LogP contribution in [0.15, 0.2) is 24.3 Å². The first-order chi connectivity index (χ1) is 7.59. The topological polar surface area (TPSA) is 62.3 Å². The summed E-state index contributed by atoms with van der Waals surface area (Å²) in [6.45, 7) is 2.18. The smallest absolute Gasteiger partial charge is 0.122 e. The molecule has 0 unspecified atom stereocenters. The molecule has 0 aliphatic carbocycles. The number of ether oxygens (including phenoxy) is 1. The average Bonchev–Trinajstić information content (AvgIpc) is 2.24. The summed E-state index contributed by atoms with van der Waals surface area (Å²) in [5, 5.41) is 7.33. The van der Waals surface area contributed by atoms with Gasteiger partial charge in [0.05, 0.1) is 13.2 Å². The second kappa shape index (κ2) is 6.25. The number of nitrogen functional groups attached to an aromatic ring is 1. The van der Waals surface area contributed by atoms with Gasteiger partial charge in [-0.1, -0.05) is 18.2 Å². The lowest BCUT2D eigenvalue weighted by molar-refractivity contribution is 0.105. The first kappa shape index (κ1) is 12.7. The van der Waals surface area contributed by atoms with Gasteiger partial charge in [0, 0.05) is 12.1 Å². The Kier molecular flexibility index (Phi) is 4.95. The summed E-state index contributed by atoms with van der Waals surface area (Å²) < 4.78 is 5.51. The molecular weight excluding hydrogens is 202 g/mol. The number of nitrogens with two attached hydrogens (primary N) is 1. The van der Waals surface area contributed by atoms with Gasteiger partial charge in [0.15, 0.2) is 0 Å². The van der Waals surface area contributed by atoms with Crippen LogP contribution in [0.4, 0.5) is 0 Å². The fraction of sp³-hybridized carbons (Fsp3) is 0.417. The Bertz CT molecular complexity index is 350. The summed E-state index contributed by atoms with van der Waals surface area (Å²) in [6, 6.07) is 7.58. The summed E-state index contributed by atoms with van der Waals surface area (Å²) in [5.41, 5.74) is 7.20. The highest BCUT2D eigenvalue weighted by Gasteiger charge is 1.99. The Hall–Kier alpha value is -1.39. The zero-order valence-corrected chi connectivity index (χ0v) is 9.86. The fourth-order valence-corrected chi connectivity index (χ4v) is 1.27. The van der Waals surface area contributed by atoms with E-state index in [1.54, 1.807) is 0 Å². The molecule has 16 heavy (non-hydrogen) atoms. The van der Waals surface area contributed by atoms with Crippen LogP contribution in [-0.2, 0) is 11.3 Å².